The number of benzene rings is 1. The van der Waals surface area contributed by atoms with Crippen LogP contribution < -0.4 is 5.14 Å². The molecule has 3 aromatic rings. The Bertz CT molecular complexity index is 1070. The number of carbonyl (C=O) groups is 1. The van der Waals surface area contributed by atoms with Crippen molar-refractivity contribution < 1.29 is 13.2 Å². The van der Waals surface area contributed by atoms with Gasteiger partial charge in [-0.05, 0) is 43.7 Å². The summed E-state index contributed by atoms with van der Waals surface area (Å²) in [5, 5.41) is 5.91. The van der Waals surface area contributed by atoms with E-state index >= 15 is 0 Å². The highest BCUT2D eigenvalue weighted by atomic mass is 32.2. The van der Waals surface area contributed by atoms with E-state index in [0.717, 1.165) is 28.2 Å². The van der Waals surface area contributed by atoms with E-state index < -0.39 is 10.0 Å². The van der Waals surface area contributed by atoms with E-state index in [1.165, 1.54) is 35.2 Å². The van der Waals surface area contributed by atoms with E-state index in [0.29, 0.717) is 10.7 Å². The van der Waals surface area contributed by atoms with Crippen LogP contribution in [0, 0.1) is 6.92 Å². The Hall–Kier alpha value is -1.68. The number of ketones is 1. The summed E-state index contributed by atoms with van der Waals surface area (Å²) in [6.07, 6.45) is 0.897. The first-order valence-corrected chi connectivity index (χ1v) is 11.4. The number of imidazole rings is 1. The fraction of sp³-hybridized carbons (Fsp3) is 0.294. The summed E-state index contributed by atoms with van der Waals surface area (Å²) in [7, 11) is -3.78. The maximum atomic E-state index is 12.4. The normalized spacial score (nSPS) is 12.0. The molecule has 2 heterocycles. The molecule has 0 radical (unpaired) electrons. The van der Waals surface area contributed by atoms with Gasteiger partial charge in [-0.3, -0.25) is 4.79 Å². The number of hydrogen-bond acceptors (Lipinski definition) is 6. The molecule has 0 fully saturated rings. The Labute approximate surface area is 160 Å². The van der Waals surface area contributed by atoms with Crippen LogP contribution in [-0.4, -0.2) is 29.5 Å². The molecule has 0 aliphatic heterocycles. The van der Waals surface area contributed by atoms with Crippen LogP contribution in [-0.2, 0) is 16.6 Å². The first kappa shape index (κ1) is 19.1. The highest BCUT2D eigenvalue weighted by Crippen LogP contribution is 2.27. The zero-order valence-electron chi connectivity index (χ0n) is 14.4. The second-order valence-electron chi connectivity index (χ2n) is 5.86. The molecule has 0 saturated heterocycles. The van der Waals surface area contributed by atoms with Crippen LogP contribution in [0.1, 0.15) is 27.9 Å². The SMILES string of the molecule is CCCn1c(SCC(=O)c2ccc(C)s2)nc2cc(S(N)(=O)=O)ccc21. The van der Waals surface area contributed by atoms with Crippen LogP contribution in [0.3, 0.4) is 0 Å². The van der Waals surface area contributed by atoms with Gasteiger partial charge in [-0.2, -0.15) is 0 Å². The lowest BCUT2D eigenvalue weighted by Crippen LogP contribution is -2.11. The van der Waals surface area contributed by atoms with E-state index in [1.54, 1.807) is 6.07 Å². The Morgan fingerprint density at radius 3 is 2.69 bits per heavy atom. The second kappa shape index (κ2) is 7.51. The molecule has 26 heavy (non-hydrogen) atoms. The molecule has 138 valence electrons. The summed E-state index contributed by atoms with van der Waals surface area (Å²) in [5.41, 5.74) is 1.40. The number of rotatable bonds is 7. The third kappa shape index (κ3) is 4.01. The summed E-state index contributed by atoms with van der Waals surface area (Å²) < 4.78 is 25.1. The molecule has 3 rings (SSSR count). The number of fused-ring (bicyclic) bond motifs is 1. The Kier molecular flexibility index (Phi) is 5.52. The van der Waals surface area contributed by atoms with Gasteiger partial charge in [0.2, 0.25) is 10.0 Å². The quantitative estimate of drug-likeness (QED) is 0.476. The molecule has 0 saturated carbocycles. The lowest BCUT2D eigenvalue weighted by atomic mass is 10.3. The third-order valence-electron chi connectivity index (χ3n) is 3.81. The predicted molar refractivity (Wildman–Crippen MR) is 106 cm³/mol. The van der Waals surface area contributed by atoms with Gasteiger partial charge in [0.15, 0.2) is 10.9 Å². The molecule has 0 spiro atoms. The number of aryl methyl sites for hydroxylation is 2. The summed E-state index contributed by atoms with van der Waals surface area (Å²) in [5.74, 6) is 0.350. The predicted octanol–water partition coefficient (Wildman–Crippen LogP) is 3.44. The summed E-state index contributed by atoms with van der Waals surface area (Å²) in [6, 6.07) is 8.46. The zero-order valence-corrected chi connectivity index (χ0v) is 16.9. The van der Waals surface area contributed by atoms with Gasteiger partial charge in [0.1, 0.15) is 0 Å². The minimum atomic E-state index is -3.78. The molecule has 0 aliphatic rings. The van der Waals surface area contributed by atoms with Gasteiger partial charge in [-0.25, -0.2) is 18.5 Å². The molecule has 2 N–H and O–H groups in total. The highest BCUT2D eigenvalue weighted by Gasteiger charge is 2.17. The fourth-order valence-corrected chi connectivity index (χ4v) is 4.95. The molecule has 6 nitrogen and oxygen atoms in total. The van der Waals surface area contributed by atoms with Crippen molar-refractivity contribution in [2.24, 2.45) is 5.14 Å². The van der Waals surface area contributed by atoms with Crippen molar-refractivity contribution in [2.45, 2.75) is 36.9 Å². The maximum absolute atomic E-state index is 12.4. The number of carbonyl (C=O) groups excluding carboxylic acids is 1. The van der Waals surface area contributed by atoms with Crippen molar-refractivity contribution in [1.29, 1.82) is 0 Å². The van der Waals surface area contributed by atoms with Gasteiger partial charge in [0.25, 0.3) is 0 Å². The lowest BCUT2D eigenvalue weighted by molar-refractivity contribution is 0.102. The van der Waals surface area contributed by atoms with Gasteiger partial charge in [0, 0.05) is 11.4 Å². The Balaban J connectivity index is 1.91. The van der Waals surface area contributed by atoms with Crippen LogP contribution >= 0.6 is 23.1 Å². The standard InChI is InChI=1S/C17H19N3O3S3/c1-3-8-20-14-6-5-12(26(18,22)23)9-13(14)19-17(20)24-10-15(21)16-7-4-11(2)25-16/h4-7,9H,3,8,10H2,1-2H3,(H2,18,22,23). The molecular formula is C17H19N3O3S3. The number of nitrogens with two attached hydrogens (primary N) is 1. The van der Waals surface area contributed by atoms with Crippen molar-refractivity contribution in [1.82, 2.24) is 9.55 Å². The van der Waals surface area contributed by atoms with Crippen molar-refractivity contribution in [2.75, 3.05) is 5.75 Å². The average Bonchev–Trinajstić information content (AvgIpc) is 3.16. The van der Waals surface area contributed by atoms with Gasteiger partial charge in [0.05, 0.1) is 26.6 Å². The number of aromatic nitrogens is 2. The number of thiophene rings is 1. The minimum Gasteiger partial charge on any atom is -0.319 e. The molecule has 2 aromatic heterocycles. The van der Waals surface area contributed by atoms with Crippen LogP contribution in [0.2, 0.25) is 0 Å². The monoisotopic (exact) mass is 409 g/mol. The summed E-state index contributed by atoms with van der Waals surface area (Å²) in [4.78, 5) is 18.8. The van der Waals surface area contributed by atoms with E-state index in [-0.39, 0.29) is 16.4 Å². The fourth-order valence-electron chi connectivity index (χ4n) is 2.60. The van der Waals surface area contributed by atoms with Gasteiger partial charge in [-0.15, -0.1) is 11.3 Å². The third-order valence-corrected chi connectivity index (χ3v) is 6.74. The number of primary sulfonamides is 1. The zero-order chi connectivity index (χ0) is 18.9. The second-order valence-corrected chi connectivity index (χ2v) is 9.66. The van der Waals surface area contributed by atoms with E-state index in [2.05, 4.69) is 11.9 Å². The molecular weight excluding hydrogens is 390 g/mol. The molecule has 0 atom stereocenters. The maximum Gasteiger partial charge on any atom is 0.238 e. The van der Waals surface area contributed by atoms with Gasteiger partial charge < -0.3 is 4.57 Å². The molecule has 1 aromatic carbocycles. The van der Waals surface area contributed by atoms with Crippen molar-refractivity contribution in [3.05, 3.63) is 40.1 Å². The molecule has 0 bridgehead atoms. The summed E-state index contributed by atoms with van der Waals surface area (Å²) in [6.45, 7) is 4.76. The van der Waals surface area contributed by atoms with Crippen LogP contribution in [0.15, 0.2) is 40.4 Å². The van der Waals surface area contributed by atoms with Crippen LogP contribution in [0.5, 0.6) is 0 Å². The molecule has 0 unspecified atom stereocenters. The van der Waals surface area contributed by atoms with Crippen LogP contribution in [0.4, 0.5) is 0 Å². The number of sulfonamides is 1. The van der Waals surface area contributed by atoms with Gasteiger partial charge in [-0.1, -0.05) is 18.7 Å². The number of hydrogen-bond donors (Lipinski definition) is 1. The average molecular weight is 410 g/mol. The molecule has 0 aliphatic carbocycles. The number of Topliss-reactive ketones (excluding diaryl/α,β-unsaturated/α-hetero) is 1. The first-order chi connectivity index (χ1) is 12.3. The minimum absolute atomic E-state index is 0.0350. The van der Waals surface area contributed by atoms with Crippen LogP contribution in [0.25, 0.3) is 11.0 Å². The Morgan fingerprint density at radius 1 is 1.31 bits per heavy atom. The smallest absolute Gasteiger partial charge is 0.238 e. The largest absolute Gasteiger partial charge is 0.319 e. The van der Waals surface area contributed by atoms with E-state index in [9.17, 15) is 13.2 Å². The summed E-state index contributed by atoms with van der Waals surface area (Å²) >= 11 is 2.85. The van der Waals surface area contributed by atoms with E-state index in [4.69, 9.17) is 5.14 Å². The first-order valence-electron chi connectivity index (χ1n) is 8.05. The topological polar surface area (TPSA) is 95.0 Å². The highest BCUT2D eigenvalue weighted by molar-refractivity contribution is 7.99. The van der Waals surface area contributed by atoms with Crippen molar-refractivity contribution in [3.63, 3.8) is 0 Å². The lowest BCUT2D eigenvalue weighted by Gasteiger charge is -2.07. The van der Waals surface area contributed by atoms with Crippen molar-refractivity contribution >= 4 is 49.9 Å². The van der Waals surface area contributed by atoms with E-state index in [1.807, 2.05) is 23.6 Å². The van der Waals surface area contributed by atoms with Crippen molar-refractivity contribution in [3.8, 4) is 0 Å². The molecule has 0 amide bonds. The number of thioether (sulfide) groups is 1. The van der Waals surface area contributed by atoms with Gasteiger partial charge >= 0.3 is 0 Å². The number of nitrogens with zero attached hydrogens (tertiary/aromatic N) is 2. The molecule has 9 heteroatoms. The Morgan fingerprint density at radius 2 is 2.08 bits per heavy atom.